The molecule has 5 rings (SSSR count). The van der Waals surface area contributed by atoms with Crippen molar-refractivity contribution < 1.29 is 62.4 Å². The van der Waals surface area contributed by atoms with Crippen LogP contribution in [0.15, 0.2) is 41.4 Å². The molecule has 3 aliphatic rings. The van der Waals surface area contributed by atoms with Crippen molar-refractivity contribution in [1.29, 1.82) is 0 Å². The maximum absolute atomic E-state index is 14.6. The number of methoxy groups -OCH3 is 1. The number of carbonyl (C=O) groups is 1. The highest BCUT2D eigenvalue weighted by Crippen LogP contribution is 2.45. The number of hydrogen-bond acceptors (Lipinski definition) is 16. The average Bonchev–Trinajstić information content (AvgIpc) is 3.25. The van der Waals surface area contributed by atoms with Crippen LogP contribution in [0.3, 0.4) is 0 Å². The number of rotatable bonds is 11. The Morgan fingerprint density at radius 1 is 0.985 bits per heavy atom. The van der Waals surface area contributed by atoms with E-state index in [1.165, 1.54) is 20.1 Å². The van der Waals surface area contributed by atoms with E-state index in [1.807, 2.05) is 37.6 Å². The highest BCUT2D eigenvalue weighted by molar-refractivity contribution is 7.89. The van der Waals surface area contributed by atoms with Crippen LogP contribution in [-0.4, -0.2) is 180 Å². The summed E-state index contributed by atoms with van der Waals surface area (Å²) in [5, 5.41) is 60.5. The molecule has 1 aromatic heterocycles. The van der Waals surface area contributed by atoms with Crippen molar-refractivity contribution >= 4 is 26.9 Å². The highest BCUT2D eigenvalue weighted by Gasteiger charge is 2.55. The van der Waals surface area contributed by atoms with Crippen molar-refractivity contribution in [2.75, 3.05) is 40.8 Å². The molecule has 376 valence electrons. The number of esters is 1. The number of aliphatic hydroxyl groups is 5. The Hall–Kier alpha value is -2.43. The van der Waals surface area contributed by atoms with Gasteiger partial charge >= 0.3 is 5.97 Å². The molecule has 66 heavy (non-hydrogen) atoms. The predicted molar refractivity (Wildman–Crippen MR) is 249 cm³/mol. The second kappa shape index (κ2) is 21.7. The van der Waals surface area contributed by atoms with Crippen molar-refractivity contribution in [3.63, 3.8) is 0 Å². The number of benzene rings is 1. The lowest BCUT2D eigenvalue weighted by Gasteiger charge is -2.51. The quantitative estimate of drug-likeness (QED) is 0.178. The summed E-state index contributed by atoms with van der Waals surface area (Å²) in [6.07, 6.45) is -6.45. The van der Waals surface area contributed by atoms with Crippen LogP contribution in [0.1, 0.15) is 94.9 Å². The number of pyridine rings is 1. The smallest absolute Gasteiger partial charge is 0.309 e. The Morgan fingerprint density at radius 2 is 1.65 bits per heavy atom. The zero-order valence-electron chi connectivity index (χ0n) is 41.3. The molecular weight excluding hydrogens is 873 g/mol. The molecule has 0 radical (unpaired) electrons. The molecular formula is C48H80N4O13S. The third-order valence-electron chi connectivity index (χ3n) is 15.1. The Labute approximate surface area is 392 Å². The number of aromatic nitrogens is 1. The van der Waals surface area contributed by atoms with Crippen LogP contribution < -0.4 is 4.72 Å². The first-order chi connectivity index (χ1) is 30.7. The third kappa shape index (κ3) is 11.8. The molecule has 3 aliphatic heterocycles. The minimum atomic E-state index is -3.94. The number of cyclic esters (lactones) is 1. The first kappa shape index (κ1) is 54.5. The third-order valence-corrected chi connectivity index (χ3v) is 16.6. The molecule has 6 N–H and O–H groups in total. The molecule has 0 aliphatic carbocycles. The second-order valence-electron chi connectivity index (χ2n) is 20.5. The summed E-state index contributed by atoms with van der Waals surface area (Å²) in [6, 6.07) is 7.40. The lowest BCUT2D eigenvalue weighted by atomic mass is 9.68. The minimum absolute atomic E-state index is 0.0290. The fourth-order valence-electron chi connectivity index (χ4n) is 11.1. The molecule has 0 amide bonds. The number of hydrogen-bond donors (Lipinski definition) is 6. The van der Waals surface area contributed by atoms with Crippen LogP contribution >= 0.6 is 0 Å². The number of carbonyl (C=O) groups excluding carboxylic acids is 1. The van der Waals surface area contributed by atoms with E-state index < -0.39 is 118 Å². The van der Waals surface area contributed by atoms with Gasteiger partial charge in [0, 0.05) is 62.7 Å². The number of aliphatic hydroxyl groups excluding tert-OH is 3. The number of fused-ring (bicyclic) bond motifs is 1. The maximum Gasteiger partial charge on any atom is 0.309 e. The van der Waals surface area contributed by atoms with E-state index in [0.29, 0.717) is 23.9 Å². The molecule has 4 heterocycles. The van der Waals surface area contributed by atoms with Crippen LogP contribution in [0.5, 0.6) is 0 Å². The van der Waals surface area contributed by atoms with E-state index in [4.69, 9.17) is 23.7 Å². The first-order valence-corrected chi connectivity index (χ1v) is 25.1. The molecule has 0 spiro atoms. The van der Waals surface area contributed by atoms with Gasteiger partial charge in [0.2, 0.25) is 10.0 Å². The van der Waals surface area contributed by atoms with Gasteiger partial charge in [0.1, 0.15) is 34.9 Å². The van der Waals surface area contributed by atoms with Crippen molar-refractivity contribution in [1.82, 2.24) is 19.5 Å². The molecule has 1 aromatic carbocycles. The molecule has 2 aromatic rings. The Bertz CT molecular complexity index is 2020. The summed E-state index contributed by atoms with van der Waals surface area (Å²) in [5.41, 5.74) is -4.18. The van der Waals surface area contributed by atoms with Crippen LogP contribution in [0.4, 0.5) is 0 Å². The minimum Gasteiger partial charge on any atom is -0.459 e. The molecule has 3 fully saturated rings. The Morgan fingerprint density at radius 3 is 2.30 bits per heavy atom. The molecule has 17 nitrogen and oxygen atoms in total. The topological polar surface area (TPSA) is 230 Å². The molecule has 0 saturated carbocycles. The first-order valence-electron chi connectivity index (χ1n) is 23.6. The van der Waals surface area contributed by atoms with Crippen molar-refractivity contribution in [3.8, 4) is 0 Å². The predicted octanol–water partition coefficient (Wildman–Crippen LogP) is 3.07. The standard InChI is InChI=1S/C48H80N4O13S/c1-14-37-48(10,58)41(54)31(6)52(12)26-27(2)24-46(8,57)43(29(4)38(30(5)44(56)64-37)35-25-47(9,61-13)42(55)32(7)63-35)65-45-40(53)34(23-28(3)62-45)51(11)22-21-50-66(59,60)36-19-15-17-33-18-16-20-49-39(33)36/h15-20,27-32,34-35,37-38,40-43,45,50,53-55,57-58H,14,21-26H2,1-13H3/t27-,28-,29+,30-,31-,32+,34+,35-,37-,38?,40-,41-,42+,43-,45+,46-,47-,48-/m1/s1. The Kier molecular flexibility index (Phi) is 17.9. The van der Waals surface area contributed by atoms with Gasteiger partial charge in [0.25, 0.3) is 0 Å². The van der Waals surface area contributed by atoms with E-state index in [-0.39, 0.29) is 43.2 Å². The number of nitrogens with one attached hydrogen (secondary N) is 1. The average molecular weight is 953 g/mol. The molecule has 18 heteroatoms. The fourth-order valence-corrected chi connectivity index (χ4v) is 12.3. The van der Waals surface area contributed by atoms with E-state index in [9.17, 15) is 38.7 Å². The van der Waals surface area contributed by atoms with E-state index in [0.717, 1.165) is 0 Å². The van der Waals surface area contributed by atoms with Crippen LogP contribution in [0.25, 0.3) is 10.9 Å². The lowest BCUT2D eigenvalue weighted by molar-refractivity contribution is -0.302. The number of para-hydroxylation sites is 1. The molecule has 18 atom stereocenters. The number of sulfonamides is 1. The summed E-state index contributed by atoms with van der Waals surface area (Å²) < 4.78 is 61.7. The van der Waals surface area contributed by atoms with Gasteiger partial charge in [-0.1, -0.05) is 45.9 Å². The monoisotopic (exact) mass is 953 g/mol. The number of ether oxygens (including phenoxy) is 5. The van der Waals surface area contributed by atoms with Gasteiger partial charge in [0.05, 0.1) is 47.1 Å². The number of likely N-dealkylation sites (N-methyl/N-ethyl adjacent to an activating group) is 2. The van der Waals surface area contributed by atoms with Crippen molar-refractivity contribution in [2.24, 2.45) is 23.7 Å². The largest absolute Gasteiger partial charge is 0.459 e. The second-order valence-corrected chi connectivity index (χ2v) is 22.2. The fraction of sp³-hybridized carbons (Fsp3) is 0.792. The van der Waals surface area contributed by atoms with Gasteiger partial charge in [-0.2, -0.15) is 0 Å². The zero-order chi connectivity index (χ0) is 49.3. The molecule has 1 unspecified atom stereocenters. The maximum atomic E-state index is 14.6. The number of nitrogens with zero attached hydrogens (tertiary/aromatic N) is 3. The summed E-state index contributed by atoms with van der Waals surface area (Å²) in [6.45, 7) is 18.3. The highest BCUT2D eigenvalue weighted by atomic mass is 32.2. The molecule has 0 bridgehead atoms. The SMILES string of the molecule is CC[C@H]1OC(=O)[C@H](C)C([C@H]2C[C@@](C)(OC)[C@@H](O)[C@H](C)O2)[C@H](C)[C@@H](O[C@@H]2O[C@H](C)C[C@H](N(C)CCNS(=O)(=O)c3cccc4cccnc34)[C@H]2O)[C@](C)(O)C[C@@H](C)CN(C)[C@H](C)[C@@H](O)[C@]1(C)O. The lowest BCUT2D eigenvalue weighted by Crippen LogP contribution is -2.62. The van der Waals surface area contributed by atoms with Gasteiger partial charge in [0.15, 0.2) is 6.29 Å². The van der Waals surface area contributed by atoms with Gasteiger partial charge < -0.3 is 54.1 Å². The van der Waals surface area contributed by atoms with E-state index >= 15 is 0 Å². The van der Waals surface area contributed by atoms with Gasteiger partial charge in [-0.3, -0.25) is 14.7 Å². The summed E-state index contributed by atoms with van der Waals surface area (Å²) in [5.74, 6) is -3.31. The normalized spacial score (nSPS) is 41.9. The summed E-state index contributed by atoms with van der Waals surface area (Å²) in [7, 11) is 1.19. The van der Waals surface area contributed by atoms with Gasteiger partial charge in [-0.15, -0.1) is 0 Å². The van der Waals surface area contributed by atoms with E-state index in [1.54, 1.807) is 79.1 Å². The van der Waals surface area contributed by atoms with Crippen molar-refractivity contribution in [2.45, 2.75) is 184 Å². The van der Waals surface area contributed by atoms with Gasteiger partial charge in [-0.25, -0.2) is 13.1 Å². The van der Waals surface area contributed by atoms with Gasteiger partial charge in [-0.05, 0) is 98.9 Å². The summed E-state index contributed by atoms with van der Waals surface area (Å²) in [4.78, 5) is 22.7. The van der Waals surface area contributed by atoms with Crippen LogP contribution in [0, 0.1) is 23.7 Å². The van der Waals surface area contributed by atoms with Crippen LogP contribution in [-0.2, 0) is 38.5 Å². The zero-order valence-corrected chi connectivity index (χ0v) is 42.1. The Balaban J connectivity index is 1.49. The molecule has 3 saturated heterocycles. The van der Waals surface area contributed by atoms with Crippen LogP contribution in [0.2, 0.25) is 0 Å². The summed E-state index contributed by atoms with van der Waals surface area (Å²) >= 11 is 0. The van der Waals surface area contributed by atoms with Crippen molar-refractivity contribution in [3.05, 3.63) is 36.5 Å². The van der Waals surface area contributed by atoms with E-state index in [2.05, 4.69) is 9.71 Å².